The Morgan fingerprint density at radius 2 is 2.00 bits per heavy atom. The first-order valence-electron chi connectivity index (χ1n) is 8.71. The molecule has 3 heterocycles. The molecule has 1 aromatic heterocycles. The zero-order valence-corrected chi connectivity index (χ0v) is 15.0. The van der Waals surface area contributed by atoms with Crippen molar-refractivity contribution in [2.45, 2.75) is 50.2 Å². The lowest BCUT2D eigenvalue weighted by atomic mass is 9.90. The summed E-state index contributed by atoms with van der Waals surface area (Å²) in [5.41, 5.74) is -0.649. The summed E-state index contributed by atoms with van der Waals surface area (Å²) in [6.07, 6.45) is 4.71. The number of amides is 1. The summed E-state index contributed by atoms with van der Waals surface area (Å²) < 4.78 is 7.69. The molecular weight excluding hydrogens is 330 g/mol. The molecule has 1 saturated carbocycles. The zero-order chi connectivity index (χ0) is 15.9. The van der Waals surface area contributed by atoms with Gasteiger partial charge in [0.05, 0.1) is 6.54 Å². The first kappa shape index (κ1) is 17.6. The SMILES string of the molecule is COC1(C(=O)N2CCc3nc(C4CC4)nn3CC2)CCNCC1.Cl. The summed E-state index contributed by atoms with van der Waals surface area (Å²) in [6.45, 7) is 3.80. The molecule has 7 nitrogen and oxygen atoms in total. The summed E-state index contributed by atoms with van der Waals surface area (Å²) in [6, 6.07) is 0. The highest BCUT2D eigenvalue weighted by molar-refractivity contribution is 5.85. The van der Waals surface area contributed by atoms with Crippen LogP contribution in [0.2, 0.25) is 0 Å². The molecule has 1 amide bonds. The number of ether oxygens (including phenoxy) is 1. The van der Waals surface area contributed by atoms with Crippen LogP contribution in [-0.2, 0) is 22.5 Å². The van der Waals surface area contributed by atoms with Crippen molar-refractivity contribution in [2.75, 3.05) is 33.3 Å². The van der Waals surface area contributed by atoms with Gasteiger partial charge in [-0.15, -0.1) is 12.4 Å². The number of fused-ring (bicyclic) bond motifs is 1. The third kappa shape index (κ3) is 3.17. The van der Waals surface area contributed by atoms with Crippen molar-refractivity contribution in [1.29, 1.82) is 0 Å². The predicted molar refractivity (Wildman–Crippen MR) is 91.4 cm³/mol. The van der Waals surface area contributed by atoms with Crippen molar-refractivity contribution in [3.8, 4) is 0 Å². The molecule has 4 rings (SSSR count). The molecule has 1 aromatic rings. The first-order chi connectivity index (χ1) is 11.2. The van der Waals surface area contributed by atoms with Gasteiger partial charge >= 0.3 is 0 Å². The van der Waals surface area contributed by atoms with E-state index in [-0.39, 0.29) is 18.3 Å². The van der Waals surface area contributed by atoms with Crippen molar-refractivity contribution in [1.82, 2.24) is 25.0 Å². The summed E-state index contributed by atoms with van der Waals surface area (Å²) in [7, 11) is 1.66. The molecule has 1 aliphatic carbocycles. The van der Waals surface area contributed by atoms with E-state index in [1.54, 1.807) is 7.11 Å². The smallest absolute Gasteiger partial charge is 0.254 e. The van der Waals surface area contributed by atoms with Crippen molar-refractivity contribution >= 4 is 18.3 Å². The molecule has 3 aliphatic rings. The third-order valence-electron chi connectivity index (χ3n) is 5.37. The molecule has 2 aliphatic heterocycles. The Hall–Kier alpha value is -1.18. The number of nitrogens with zero attached hydrogens (tertiary/aromatic N) is 4. The van der Waals surface area contributed by atoms with Crippen molar-refractivity contribution in [3.63, 3.8) is 0 Å². The van der Waals surface area contributed by atoms with Gasteiger partial charge in [-0.05, 0) is 38.8 Å². The van der Waals surface area contributed by atoms with Crippen LogP contribution in [0.3, 0.4) is 0 Å². The summed E-state index contributed by atoms with van der Waals surface area (Å²) in [5.74, 6) is 2.75. The number of hydrogen-bond donors (Lipinski definition) is 1. The Morgan fingerprint density at radius 1 is 1.25 bits per heavy atom. The maximum atomic E-state index is 13.0. The quantitative estimate of drug-likeness (QED) is 0.865. The van der Waals surface area contributed by atoms with Gasteiger partial charge in [0.15, 0.2) is 5.82 Å². The Labute approximate surface area is 148 Å². The molecule has 8 heteroatoms. The second-order valence-corrected chi connectivity index (χ2v) is 6.87. The molecule has 0 aromatic carbocycles. The number of piperidine rings is 1. The van der Waals surface area contributed by atoms with Gasteiger partial charge in [-0.1, -0.05) is 0 Å². The molecule has 24 heavy (non-hydrogen) atoms. The highest BCUT2D eigenvalue weighted by atomic mass is 35.5. The summed E-state index contributed by atoms with van der Waals surface area (Å²) in [4.78, 5) is 19.7. The third-order valence-corrected chi connectivity index (χ3v) is 5.37. The van der Waals surface area contributed by atoms with Crippen LogP contribution in [0, 0.1) is 0 Å². The topological polar surface area (TPSA) is 72.3 Å². The van der Waals surface area contributed by atoms with E-state index in [4.69, 9.17) is 4.74 Å². The first-order valence-corrected chi connectivity index (χ1v) is 8.71. The molecule has 1 saturated heterocycles. The van der Waals surface area contributed by atoms with Crippen LogP contribution in [0.15, 0.2) is 0 Å². The monoisotopic (exact) mass is 355 g/mol. The van der Waals surface area contributed by atoms with E-state index in [0.717, 1.165) is 50.5 Å². The van der Waals surface area contributed by atoms with Gasteiger partial charge in [-0.25, -0.2) is 9.67 Å². The number of aromatic nitrogens is 3. The fourth-order valence-corrected chi connectivity index (χ4v) is 3.66. The minimum absolute atomic E-state index is 0. The zero-order valence-electron chi connectivity index (χ0n) is 14.2. The van der Waals surface area contributed by atoms with Gasteiger partial charge in [0.2, 0.25) is 0 Å². The van der Waals surface area contributed by atoms with Crippen LogP contribution in [-0.4, -0.2) is 64.5 Å². The van der Waals surface area contributed by atoms with Crippen LogP contribution in [0.4, 0.5) is 0 Å². The van der Waals surface area contributed by atoms with Gasteiger partial charge in [-0.3, -0.25) is 4.79 Å². The molecule has 0 atom stereocenters. The van der Waals surface area contributed by atoms with Gasteiger partial charge in [0, 0.05) is 32.5 Å². The second kappa shape index (κ2) is 6.98. The second-order valence-electron chi connectivity index (χ2n) is 6.87. The molecule has 0 bridgehead atoms. The standard InChI is InChI=1S/C16H25N5O2.ClH/c1-23-16(5-7-17-8-6-16)15(22)20-9-4-13-18-14(12-2-3-12)19-21(13)11-10-20;/h12,17H,2-11H2,1H3;1H. The number of carbonyl (C=O) groups excluding carboxylic acids is 1. The van der Waals surface area contributed by atoms with E-state index in [1.807, 2.05) is 9.58 Å². The molecular formula is C16H26ClN5O2. The summed E-state index contributed by atoms with van der Waals surface area (Å²) in [5, 5.41) is 7.94. The average Bonchev–Trinajstić information content (AvgIpc) is 3.39. The molecule has 2 fully saturated rings. The van der Waals surface area contributed by atoms with E-state index in [1.165, 1.54) is 12.8 Å². The van der Waals surface area contributed by atoms with E-state index < -0.39 is 5.60 Å². The Morgan fingerprint density at radius 3 is 2.67 bits per heavy atom. The van der Waals surface area contributed by atoms with E-state index in [9.17, 15) is 4.79 Å². The van der Waals surface area contributed by atoms with E-state index in [0.29, 0.717) is 19.0 Å². The normalized spacial score (nSPS) is 23.1. The lowest BCUT2D eigenvalue weighted by Gasteiger charge is -2.38. The molecule has 134 valence electrons. The largest absolute Gasteiger partial charge is 0.368 e. The molecule has 1 N–H and O–H groups in total. The Bertz CT molecular complexity index is 570. The van der Waals surface area contributed by atoms with Crippen LogP contribution in [0.5, 0.6) is 0 Å². The van der Waals surface area contributed by atoms with Gasteiger partial charge < -0.3 is 15.0 Å². The number of nitrogens with one attached hydrogen (secondary N) is 1. The Balaban J connectivity index is 0.00000169. The van der Waals surface area contributed by atoms with E-state index in [2.05, 4.69) is 15.4 Å². The van der Waals surface area contributed by atoms with E-state index >= 15 is 0 Å². The maximum Gasteiger partial charge on any atom is 0.254 e. The number of rotatable bonds is 3. The van der Waals surface area contributed by atoms with Crippen LogP contribution >= 0.6 is 12.4 Å². The van der Waals surface area contributed by atoms with Gasteiger partial charge in [0.25, 0.3) is 5.91 Å². The molecule has 0 spiro atoms. The lowest BCUT2D eigenvalue weighted by molar-refractivity contribution is -0.158. The molecule has 0 radical (unpaired) electrons. The number of methoxy groups -OCH3 is 1. The van der Waals surface area contributed by atoms with Crippen molar-refractivity contribution in [2.24, 2.45) is 0 Å². The lowest BCUT2D eigenvalue weighted by Crippen LogP contribution is -2.55. The van der Waals surface area contributed by atoms with Crippen LogP contribution in [0.25, 0.3) is 0 Å². The fourth-order valence-electron chi connectivity index (χ4n) is 3.66. The average molecular weight is 356 g/mol. The number of halogens is 1. The Kier molecular flexibility index (Phi) is 5.13. The maximum absolute atomic E-state index is 13.0. The fraction of sp³-hybridized carbons (Fsp3) is 0.812. The number of hydrogen-bond acceptors (Lipinski definition) is 5. The predicted octanol–water partition coefficient (Wildman–Crippen LogP) is 0.731. The van der Waals surface area contributed by atoms with Crippen molar-refractivity contribution < 1.29 is 9.53 Å². The van der Waals surface area contributed by atoms with Crippen LogP contribution < -0.4 is 5.32 Å². The number of carbonyl (C=O) groups is 1. The molecule has 0 unspecified atom stereocenters. The highest BCUT2D eigenvalue weighted by Gasteiger charge is 2.42. The summed E-state index contributed by atoms with van der Waals surface area (Å²) >= 11 is 0. The highest BCUT2D eigenvalue weighted by Crippen LogP contribution is 2.38. The van der Waals surface area contributed by atoms with Crippen molar-refractivity contribution in [3.05, 3.63) is 11.6 Å². The van der Waals surface area contributed by atoms with Gasteiger partial charge in [-0.2, -0.15) is 5.10 Å². The minimum Gasteiger partial charge on any atom is -0.368 e. The van der Waals surface area contributed by atoms with Crippen LogP contribution in [0.1, 0.15) is 43.3 Å². The van der Waals surface area contributed by atoms with Gasteiger partial charge in [0.1, 0.15) is 11.4 Å². The minimum atomic E-state index is -0.649.